The van der Waals surface area contributed by atoms with E-state index >= 15 is 0 Å². The molecule has 3 aromatic rings. The zero-order valence-corrected chi connectivity index (χ0v) is 11.0. The van der Waals surface area contributed by atoms with Crippen molar-refractivity contribution in [1.82, 2.24) is 0 Å². The number of carbonyl (C=O) groups is 1. The van der Waals surface area contributed by atoms with Crippen molar-refractivity contribution in [2.75, 3.05) is 0 Å². The SMILES string of the molecule is O=C(c1ccoc1)c1ccc2cc(Br)ccc2c1. The Hall–Kier alpha value is -1.87. The maximum absolute atomic E-state index is 12.1. The molecule has 2 nitrogen and oxygen atoms in total. The first-order chi connectivity index (χ1) is 8.74. The summed E-state index contributed by atoms with van der Waals surface area (Å²) in [4.78, 5) is 12.1. The number of benzene rings is 2. The molecule has 2 aromatic carbocycles. The van der Waals surface area contributed by atoms with E-state index in [1.54, 1.807) is 6.07 Å². The van der Waals surface area contributed by atoms with Crippen molar-refractivity contribution in [2.24, 2.45) is 0 Å². The highest BCUT2D eigenvalue weighted by molar-refractivity contribution is 9.10. The highest BCUT2D eigenvalue weighted by Gasteiger charge is 2.10. The third-order valence-electron chi connectivity index (χ3n) is 2.85. The predicted molar refractivity (Wildman–Crippen MR) is 73.8 cm³/mol. The molecule has 1 heterocycles. The van der Waals surface area contributed by atoms with Crippen molar-refractivity contribution in [3.63, 3.8) is 0 Å². The zero-order valence-electron chi connectivity index (χ0n) is 9.39. The van der Waals surface area contributed by atoms with E-state index in [1.165, 1.54) is 12.5 Å². The molecular formula is C15H9BrO2. The fourth-order valence-electron chi connectivity index (χ4n) is 1.92. The Kier molecular flexibility index (Phi) is 2.76. The fraction of sp³-hybridized carbons (Fsp3) is 0. The van der Waals surface area contributed by atoms with Gasteiger partial charge in [-0.2, -0.15) is 0 Å². The largest absolute Gasteiger partial charge is 0.472 e. The minimum Gasteiger partial charge on any atom is -0.472 e. The Morgan fingerprint density at radius 2 is 1.72 bits per heavy atom. The molecule has 0 radical (unpaired) electrons. The predicted octanol–water partition coefficient (Wildman–Crippen LogP) is 4.43. The van der Waals surface area contributed by atoms with Gasteiger partial charge in [-0.25, -0.2) is 0 Å². The van der Waals surface area contributed by atoms with Crippen LogP contribution >= 0.6 is 15.9 Å². The smallest absolute Gasteiger partial charge is 0.196 e. The van der Waals surface area contributed by atoms with Crippen LogP contribution in [0.2, 0.25) is 0 Å². The van der Waals surface area contributed by atoms with Gasteiger partial charge in [-0.3, -0.25) is 4.79 Å². The topological polar surface area (TPSA) is 30.2 Å². The lowest BCUT2D eigenvalue weighted by Crippen LogP contribution is -1.99. The summed E-state index contributed by atoms with van der Waals surface area (Å²) in [6, 6.07) is 13.4. The van der Waals surface area contributed by atoms with Crippen LogP contribution in [0.1, 0.15) is 15.9 Å². The molecule has 0 amide bonds. The molecule has 0 fully saturated rings. The number of carbonyl (C=O) groups excluding carboxylic acids is 1. The zero-order chi connectivity index (χ0) is 12.5. The van der Waals surface area contributed by atoms with Crippen molar-refractivity contribution in [2.45, 2.75) is 0 Å². The molecule has 0 saturated heterocycles. The summed E-state index contributed by atoms with van der Waals surface area (Å²) in [5.41, 5.74) is 1.25. The molecule has 88 valence electrons. The van der Waals surface area contributed by atoms with Gasteiger partial charge in [-0.15, -0.1) is 0 Å². The minimum absolute atomic E-state index is 0.0198. The number of ketones is 1. The van der Waals surface area contributed by atoms with Gasteiger partial charge in [-0.05, 0) is 35.0 Å². The van der Waals surface area contributed by atoms with Gasteiger partial charge in [0.2, 0.25) is 0 Å². The van der Waals surface area contributed by atoms with E-state index in [2.05, 4.69) is 15.9 Å². The van der Waals surface area contributed by atoms with Crippen molar-refractivity contribution >= 4 is 32.5 Å². The van der Waals surface area contributed by atoms with E-state index in [4.69, 9.17) is 4.42 Å². The Bertz CT molecular complexity index is 714. The minimum atomic E-state index is -0.0198. The molecule has 0 aliphatic heterocycles. The molecule has 3 rings (SSSR count). The average molecular weight is 301 g/mol. The summed E-state index contributed by atoms with van der Waals surface area (Å²) in [5, 5.41) is 2.15. The molecule has 0 N–H and O–H groups in total. The lowest BCUT2D eigenvalue weighted by Gasteiger charge is -2.02. The highest BCUT2D eigenvalue weighted by atomic mass is 79.9. The summed E-state index contributed by atoms with van der Waals surface area (Å²) in [6.07, 6.45) is 2.97. The van der Waals surface area contributed by atoms with Gasteiger partial charge in [0.25, 0.3) is 0 Å². The molecule has 0 atom stereocenters. The van der Waals surface area contributed by atoms with Crippen LogP contribution in [0.5, 0.6) is 0 Å². The summed E-state index contributed by atoms with van der Waals surface area (Å²) >= 11 is 3.43. The summed E-state index contributed by atoms with van der Waals surface area (Å²) in [7, 11) is 0. The Morgan fingerprint density at radius 1 is 0.944 bits per heavy atom. The van der Waals surface area contributed by atoms with Crippen molar-refractivity contribution in [3.8, 4) is 0 Å². The molecule has 1 aromatic heterocycles. The van der Waals surface area contributed by atoms with Gasteiger partial charge in [0.05, 0.1) is 11.8 Å². The molecule has 18 heavy (non-hydrogen) atoms. The van der Waals surface area contributed by atoms with E-state index in [0.29, 0.717) is 11.1 Å². The van der Waals surface area contributed by atoms with Gasteiger partial charge < -0.3 is 4.42 Å². The lowest BCUT2D eigenvalue weighted by atomic mass is 10.0. The van der Waals surface area contributed by atoms with Crippen molar-refractivity contribution in [3.05, 3.63) is 70.6 Å². The maximum atomic E-state index is 12.1. The quantitative estimate of drug-likeness (QED) is 0.656. The molecule has 3 heteroatoms. The van der Waals surface area contributed by atoms with E-state index in [0.717, 1.165) is 15.2 Å². The van der Waals surface area contributed by atoms with Gasteiger partial charge in [0.15, 0.2) is 5.78 Å². The van der Waals surface area contributed by atoms with Crippen LogP contribution < -0.4 is 0 Å². The number of fused-ring (bicyclic) bond motifs is 1. The third-order valence-corrected chi connectivity index (χ3v) is 3.34. The number of rotatable bonds is 2. The number of hydrogen-bond donors (Lipinski definition) is 0. The molecular weight excluding hydrogens is 292 g/mol. The van der Waals surface area contributed by atoms with Gasteiger partial charge >= 0.3 is 0 Å². The second-order valence-corrected chi connectivity index (χ2v) is 4.96. The van der Waals surface area contributed by atoms with Gasteiger partial charge in [-0.1, -0.05) is 34.1 Å². The fourth-order valence-corrected chi connectivity index (χ4v) is 2.30. The van der Waals surface area contributed by atoms with E-state index in [9.17, 15) is 4.79 Å². The Labute approximate surface area is 112 Å². The average Bonchev–Trinajstić information content (AvgIpc) is 2.91. The first kappa shape index (κ1) is 11.2. The molecule has 0 spiro atoms. The second kappa shape index (κ2) is 4.42. The van der Waals surface area contributed by atoms with Crippen LogP contribution in [-0.2, 0) is 0 Å². The van der Waals surface area contributed by atoms with Crippen molar-refractivity contribution < 1.29 is 9.21 Å². The lowest BCUT2D eigenvalue weighted by molar-refractivity contribution is 0.103. The van der Waals surface area contributed by atoms with Crippen LogP contribution in [0.15, 0.2) is 63.9 Å². The normalized spacial score (nSPS) is 10.7. The van der Waals surface area contributed by atoms with E-state index in [1.807, 2.05) is 36.4 Å². The highest BCUT2D eigenvalue weighted by Crippen LogP contribution is 2.22. The van der Waals surface area contributed by atoms with Gasteiger partial charge in [0, 0.05) is 10.0 Å². The monoisotopic (exact) mass is 300 g/mol. The molecule has 0 aliphatic rings. The number of hydrogen-bond acceptors (Lipinski definition) is 2. The molecule has 0 bridgehead atoms. The first-order valence-corrected chi connectivity index (χ1v) is 6.29. The maximum Gasteiger partial charge on any atom is 0.196 e. The standard InChI is InChI=1S/C15H9BrO2/c16-14-4-3-10-7-12(2-1-11(10)8-14)15(17)13-5-6-18-9-13/h1-9H. The number of halogens is 1. The Morgan fingerprint density at radius 3 is 2.50 bits per heavy atom. The first-order valence-electron chi connectivity index (χ1n) is 5.50. The van der Waals surface area contributed by atoms with E-state index < -0.39 is 0 Å². The summed E-state index contributed by atoms with van der Waals surface area (Å²) in [5.74, 6) is -0.0198. The van der Waals surface area contributed by atoms with Crippen LogP contribution in [0.25, 0.3) is 10.8 Å². The molecule has 0 unspecified atom stereocenters. The van der Waals surface area contributed by atoms with E-state index in [-0.39, 0.29) is 5.78 Å². The van der Waals surface area contributed by atoms with Crippen LogP contribution in [-0.4, -0.2) is 5.78 Å². The van der Waals surface area contributed by atoms with Crippen LogP contribution in [0.3, 0.4) is 0 Å². The second-order valence-electron chi connectivity index (χ2n) is 4.05. The van der Waals surface area contributed by atoms with Crippen LogP contribution in [0.4, 0.5) is 0 Å². The summed E-state index contributed by atoms with van der Waals surface area (Å²) < 4.78 is 5.96. The van der Waals surface area contributed by atoms with Crippen molar-refractivity contribution in [1.29, 1.82) is 0 Å². The molecule has 0 aliphatic carbocycles. The van der Waals surface area contributed by atoms with Gasteiger partial charge in [0.1, 0.15) is 6.26 Å². The summed E-state index contributed by atoms with van der Waals surface area (Å²) in [6.45, 7) is 0. The third kappa shape index (κ3) is 1.97. The Balaban J connectivity index is 2.09. The number of furan rings is 1. The van der Waals surface area contributed by atoms with Crippen LogP contribution in [0, 0.1) is 0 Å². The molecule has 0 saturated carbocycles.